The van der Waals surface area contributed by atoms with Gasteiger partial charge in [0.25, 0.3) is 0 Å². The van der Waals surface area contributed by atoms with Gasteiger partial charge in [-0.15, -0.1) is 0 Å². The fourth-order valence-corrected chi connectivity index (χ4v) is 1.96. The van der Waals surface area contributed by atoms with Gasteiger partial charge < -0.3 is 15.8 Å². The summed E-state index contributed by atoms with van der Waals surface area (Å²) in [6.45, 7) is 2.06. The van der Waals surface area contributed by atoms with E-state index in [0.717, 1.165) is 5.69 Å². The van der Waals surface area contributed by atoms with E-state index in [1.165, 1.54) is 22.6 Å². The molecule has 0 aliphatic heterocycles. The summed E-state index contributed by atoms with van der Waals surface area (Å²) >= 11 is 2.29. The number of rotatable bonds is 3. The molecule has 18 heavy (non-hydrogen) atoms. The highest BCUT2D eigenvalue weighted by atomic mass is 127. The van der Waals surface area contributed by atoms with Gasteiger partial charge in [0.2, 0.25) is 5.88 Å². The van der Waals surface area contributed by atoms with Crippen LogP contribution in [-0.4, -0.2) is 17.1 Å². The third kappa shape index (κ3) is 2.63. The SMILES string of the molecule is COc1ncnc(Nc2ccc(C)c(I)c2)c1N. The van der Waals surface area contributed by atoms with Gasteiger partial charge in [-0.25, -0.2) is 4.98 Å². The predicted molar refractivity (Wildman–Crippen MR) is 80.2 cm³/mol. The smallest absolute Gasteiger partial charge is 0.242 e. The summed E-state index contributed by atoms with van der Waals surface area (Å²) in [6, 6.07) is 6.05. The molecule has 0 radical (unpaired) electrons. The van der Waals surface area contributed by atoms with Crippen LogP contribution in [-0.2, 0) is 0 Å². The molecule has 0 saturated heterocycles. The molecule has 2 aromatic rings. The number of nitrogens with two attached hydrogens (primary N) is 1. The zero-order valence-corrected chi connectivity index (χ0v) is 12.2. The molecule has 0 saturated carbocycles. The van der Waals surface area contributed by atoms with Gasteiger partial charge in [-0.2, -0.15) is 4.98 Å². The Morgan fingerprint density at radius 1 is 1.33 bits per heavy atom. The molecular formula is C12H13IN4O. The first kappa shape index (κ1) is 12.9. The molecule has 0 fully saturated rings. The fourth-order valence-electron chi connectivity index (χ4n) is 1.45. The first-order valence-corrected chi connectivity index (χ1v) is 6.37. The summed E-state index contributed by atoms with van der Waals surface area (Å²) in [5, 5.41) is 3.15. The van der Waals surface area contributed by atoms with Crippen LogP contribution in [0.4, 0.5) is 17.2 Å². The van der Waals surface area contributed by atoms with Gasteiger partial charge in [-0.1, -0.05) is 6.07 Å². The van der Waals surface area contributed by atoms with E-state index in [9.17, 15) is 0 Å². The molecule has 1 heterocycles. The highest BCUT2D eigenvalue weighted by Crippen LogP contribution is 2.27. The number of methoxy groups -OCH3 is 1. The molecule has 1 aromatic carbocycles. The molecule has 3 N–H and O–H groups in total. The topological polar surface area (TPSA) is 73.1 Å². The average Bonchev–Trinajstić information content (AvgIpc) is 2.36. The van der Waals surface area contributed by atoms with Crippen molar-refractivity contribution in [1.29, 1.82) is 0 Å². The molecule has 0 aliphatic rings. The predicted octanol–water partition coefficient (Wildman–Crippen LogP) is 2.72. The summed E-state index contributed by atoms with van der Waals surface area (Å²) < 4.78 is 6.23. The number of benzene rings is 1. The minimum Gasteiger partial charge on any atom is -0.479 e. The number of hydrogen-bond acceptors (Lipinski definition) is 5. The summed E-state index contributed by atoms with van der Waals surface area (Å²) in [6.07, 6.45) is 1.41. The Kier molecular flexibility index (Phi) is 3.85. The highest BCUT2D eigenvalue weighted by Gasteiger charge is 2.08. The quantitative estimate of drug-likeness (QED) is 0.828. The van der Waals surface area contributed by atoms with Crippen molar-refractivity contribution in [2.45, 2.75) is 6.92 Å². The Labute approximate surface area is 119 Å². The van der Waals surface area contributed by atoms with E-state index < -0.39 is 0 Å². The molecule has 0 bridgehead atoms. The molecule has 0 aliphatic carbocycles. The third-order valence-electron chi connectivity index (χ3n) is 2.48. The van der Waals surface area contributed by atoms with Crippen LogP contribution in [0.15, 0.2) is 24.5 Å². The molecule has 0 atom stereocenters. The monoisotopic (exact) mass is 356 g/mol. The fraction of sp³-hybridized carbons (Fsp3) is 0.167. The van der Waals surface area contributed by atoms with Gasteiger partial charge in [0.15, 0.2) is 5.82 Å². The number of aryl methyl sites for hydroxylation is 1. The lowest BCUT2D eigenvalue weighted by Crippen LogP contribution is -2.03. The van der Waals surface area contributed by atoms with Crippen molar-refractivity contribution in [1.82, 2.24) is 9.97 Å². The zero-order chi connectivity index (χ0) is 13.1. The van der Waals surface area contributed by atoms with Crippen molar-refractivity contribution in [3.05, 3.63) is 33.7 Å². The van der Waals surface area contributed by atoms with E-state index in [2.05, 4.69) is 44.8 Å². The van der Waals surface area contributed by atoms with Crippen LogP contribution in [0.2, 0.25) is 0 Å². The average molecular weight is 356 g/mol. The van der Waals surface area contributed by atoms with Crippen LogP contribution >= 0.6 is 22.6 Å². The summed E-state index contributed by atoms with van der Waals surface area (Å²) in [5.74, 6) is 0.913. The van der Waals surface area contributed by atoms with Crippen LogP contribution in [0.5, 0.6) is 5.88 Å². The molecule has 2 rings (SSSR count). The molecule has 5 nitrogen and oxygen atoms in total. The van der Waals surface area contributed by atoms with E-state index in [-0.39, 0.29) is 0 Å². The molecular weight excluding hydrogens is 343 g/mol. The van der Waals surface area contributed by atoms with Gasteiger partial charge >= 0.3 is 0 Å². The van der Waals surface area contributed by atoms with E-state index in [1.807, 2.05) is 18.2 Å². The van der Waals surface area contributed by atoms with E-state index in [1.54, 1.807) is 0 Å². The second kappa shape index (κ2) is 5.38. The second-order valence-corrected chi connectivity index (χ2v) is 4.90. The summed E-state index contributed by atoms with van der Waals surface area (Å²) in [4.78, 5) is 8.04. The Morgan fingerprint density at radius 3 is 2.78 bits per heavy atom. The molecule has 0 spiro atoms. The van der Waals surface area contributed by atoms with E-state index in [4.69, 9.17) is 10.5 Å². The summed E-state index contributed by atoms with van der Waals surface area (Å²) in [7, 11) is 1.53. The maximum absolute atomic E-state index is 5.90. The number of nitrogens with zero attached hydrogens (tertiary/aromatic N) is 2. The van der Waals surface area contributed by atoms with Gasteiger partial charge in [0.1, 0.15) is 12.0 Å². The van der Waals surface area contributed by atoms with Crippen molar-refractivity contribution < 1.29 is 4.74 Å². The van der Waals surface area contributed by atoms with Crippen molar-refractivity contribution in [3.63, 3.8) is 0 Å². The zero-order valence-electron chi connectivity index (χ0n) is 10.1. The van der Waals surface area contributed by atoms with Gasteiger partial charge in [-0.05, 0) is 47.2 Å². The number of hydrogen-bond donors (Lipinski definition) is 2. The maximum atomic E-state index is 5.90. The molecule has 1 aromatic heterocycles. The van der Waals surface area contributed by atoms with Crippen LogP contribution < -0.4 is 15.8 Å². The number of ether oxygens (including phenoxy) is 1. The minimum absolute atomic E-state index is 0.370. The van der Waals surface area contributed by atoms with Crippen LogP contribution in [0.3, 0.4) is 0 Å². The standard InChI is InChI=1S/C12H13IN4O/c1-7-3-4-8(5-9(7)13)17-11-10(14)12(18-2)16-6-15-11/h3-6H,14H2,1-2H3,(H,15,16,17). The number of halogens is 1. The highest BCUT2D eigenvalue weighted by molar-refractivity contribution is 14.1. The largest absolute Gasteiger partial charge is 0.479 e. The van der Waals surface area contributed by atoms with Crippen molar-refractivity contribution in [2.24, 2.45) is 0 Å². The first-order chi connectivity index (χ1) is 8.61. The number of nitrogens with one attached hydrogen (secondary N) is 1. The molecule has 0 amide bonds. The van der Waals surface area contributed by atoms with Gasteiger partial charge in [0.05, 0.1) is 7.11 Å². The molecule has 0 unspecified atom stereocenters. The minimum atomic E-state index is 0.370. The van der Waals surface area contributed by atoms with E-state index in [0.29, 0.717) is 17.4 Å². The normalized spacial score (nSPS) is 10.2. The van der Waals surface area contributed by atoms with Crippen molar-refractivity contribution in [2.75, 3.05) is 18.2 Å². The second-order valence-electron chi connectivity index (χ2n) is 3.73. The number of anilines is 3. The van der Waals surface area contributed by atoms with Crippen LogP contribution in [0.25, 0.3) is 0 Å². The Bertz CT molecular complexity index is 574. The van der Waals surface area contributed by atoms with Crippen molar-refractivity contribution >= 4 is 39.8 Å². The number of nitrogen functional groups attached to an aromatic ring is 1. The van der Waals surface area contributed by atoms with Crippen LogP contribution in [0.1, 0.15) is 5.56 Å². The summed E-state index contributed by atoms with van der Waals surface area (Å²) in [5.41, 5.74) is 8.45. The lowest BCUT2D eigenvalue weighted by Gasteiger charge is -2.10. The maximum Gasteiger partial charge on any atom is 0.242 e. The lowest BCUT2D eigenvalue weighted by molar-refractivity contribution is 0.399. The lowest BCUT2D eigenvalue weighted by atomic mass is 10.2. The third-order valence-corrected chi connectivity index (χ3v) is 3.64. The van der Waals surface area contributed by atoms with Gasteiger partial charge in [-0.3, -0.25) is 0 Å². The van der Waals surface area contributed by atoms with E-state index >= 15 is 0 Å². The molecule has 94 valence electrons. The van der Waals surface area contributed by atoms with Crippen molar-refractivity contribution in [3.8, 4) is 5.88 Å². The Morgan fingerprint density at radius 2 is 2.11 bits per heavy atom. The Balaban J connectivity index is 2.31. The number of aromatic nitrogens is 2. The molecule has 6 heteroatoms. The Hall–Kier alpha value is -1.57. The van der Waals surface area contributed by atoms with Gasteiger partial charge in [0, 0.05) is 9.26 Å². The van der Waals surface area contributed by atoms with Crippen LogP contribution in [0, 0.1) is 10.5 Å². The first-order valence-electron chi connectivity index (χ1n) is 5.29.